The molecule has 0 unspecified atom stereocenters. The predicted octanol–water partition coefficient (Wildman–Crippen LogP) is 5.02. The van der Waals surface area contributed by atoms with Gasteiger partial charge in [-0.05, 0) is 67.7 Å². The molecule has 0 aliphatic heterocycles. The largest absolute Gasteiger partial charge is 0.332 e. The maximum atomic E-state index is 13.0. The summed E-state index contributed by atoms with van der Waals surface area (Å²) >= 11 is 6.75. The van der Waals surface area contributed by atoms with E-state index in [0.29, 0.717) is 16.5 Å². The maximum absolute atomic E-state index is 13.0. The Labute approximate surface area is 213 Å². The van der Waals surface area contributed by atoms with E-state index in [9.17, 15) is 9.59 Å². The van der Waals surface area contributed by atoms with E-state index >= 15 is 0 Å². The number of benzene rings is 3. The monoisotopic (exact) mass is 503 g/mol. The summed E-state index contributed by atoms with van der Waals surface area (Å²) in [4.78, 5) is 26.5. The number of rotatable bonds is 7. The normalized spacial score (nSPS) is 10.6. The van der Waals surface area contributed by atoms with Crippen molar-refractivity contribution in [3.05, 3.63) is 101 Å². The second kappa shape index (κ2) is 11.1. The highest BCUT2D eigenvalue weighted by Gasteiger charge is 2.18. The van der Waals surface area contributed by atoms with E-state index in [-0.39, 0.29) is 17.2 Å². The molecule has 0 saturated carbocycles. The second-order valence-electron chi connectivity index (χ2n) is 7.74. The third-order valence-corrected chi connectivity index (χ3v) is 6.55. The van der Waals surface area contributed by atoms with Gasteiger partial charge in [0.2, 0.25) is 5.91 Å². The van der Waals surface area contributed by atoms with Crippen LogP contribution in [0.2, 0.25) is 0 Å². The number of carbonyl (C=O) groups excluding carboxylic acids is 1. The average Bonchev–Trinajstić information content (AvgIpc) is 3.07. The minimum Gasteiger partial charge on any atom is -0.332 e. The van der Waals surface area contributed by atoms with Crippen LogP contribution in [0.1, 0.15) is 5.69 Å². The van der Waals surface area contributed by atoms with Gasteiger partial charge in [-0.3, -0.25) is 14.3 Å². The van der Waals surface area contributed by atoms with Crippen LogP contribution in [0.4, 0.5) is 17.1 Å². The van der Waals surface area contributed by atoms with Crippen LogP contribution in [-0.2, 0) is 11.8 Å². The molecule has 7 nitrogen and oxygen atoms in total. The Morgan fingerprint density at radius 2 is 1.43 bits per heavy atom. The van der Waals surface area contributed by atoms with Crippen LogP contribution in [-0.4, -0.2) is 26.1 Å². The Kier molecular flexibility index (Phi) is 7.69. The van der Waals surface area contributed by atoms with Gasteiger partial charge in [0.1, 0.15) is 5.69 Å². The van der Waals surface area contributed by atoms with Gasteiger partial charge < -0.3 is 16.0 Å². The Morgan fingerprint density at radius 1 is 0.857 bits per heavy atom. The van der Waals surface area contributed by atoms with Gasteiger partial charge in [-0.15, -0.1) is 11.8 Å². The van der Waals surface area contributed by atoms with Crippen molar-refractivity contribution < 1.29 is 4.79 Å². The first-order chi connectivity index (χ1) is 16.9. The fraction of sp³-hybridized carbons (Fsp3) is 0.115. The molecule has 35 heavy (non-hydrogen) atoms. The van der Waals surface area contributed by atoms with Crippen LogP contribution < -0.4 is 21.5 Å². The van der Waals surface area contributed by atoms with Crippen LogP contribution in [0.5, 0.6) is 0 Å². The van der Waals surface area contributed by atoms with E-state index in [2.05, 4.69) is 16.0 Å². The van der Waals surface area contributed by atoms with Gasteiger partial charge in [0, 0.05) is 23.3 Å². The van der Waals surface area contributed by atoms with E-state index in [1.165, 1.54) is 11.8 Å². The quantitative estimate of drug-likeness (QED) is 0.243. The zero-order valence-electron chi connectivity index (χ0n) is 19.3. The van der Waals surface area contributed by atoms with E-state index in [4.69, 9.17) is 12.2 Å². The fourth-order valence-corrected chi connectivity index (χ4v) is 4.42. The molecule has 0 radical (unpaired) electrons. The number of hydrogen-bond donors (Lipinski definition) is 3. The molecule has 0 aliphatic carbocycles. The standard InChI is InChI=1S/C26H25N5O2S2/c1-18-24(25(33)31(30(18)2)21-11-7-4-8-12-21)29-23(32)17-35-22-15-13-20(14-16-22)28-26(34)27-19-9-5-3-6-10-19/h3-16H,17H2,1-2H3,(H,29,32)(H2,27,28,34). The number of amides is 1. The SMILES string of the molecule is Cc1c(NC(=O)CSc2ccc(NC(=S)Nc3ccccc3)cc2)c(=O)n(-c2ccccc2)n1C. The van der Waals surface area contributed by atoms with E-state index in [1.54, 1.807) is 16.4 Å². The van der Waals surface area contributed by atoms with Crippen LogP contribution >= 0.6 is 24.0 Å². The number of aromatic nitrogens is 2. The lowest BCUT2D eigenvalue weighted by atomic mass is 10.3. The first kappa shape index (κ1) is 24.3. The van der Waals surface area contributed by atoms with Crippen molar-refractivity contribution in [2.75, 3.05) is 21.7 Å². The molecule has 3 N–H and O–H groups in total. The topological polar surface area (TPSA) is 80.1 Å². The minimum atomic E-state index is -0.259. The van der Waals surface area contributed by atoms with Crippen LogP contribution in [0, 0.1) is 6.92 Å². The molecule has 1 heterocycles. The summed E-state index contributed by atoms with van der Waals surface area (Å²) in [6, 6.07) is 26.7. The molecule has 1 amide bonds. The lowest BCUT2D eigenvalue weighted by Crippen LogP contribution is -2.23. The van der Waals surface area contributed by atoms with Crippen molar-refractivity contribution in [3.8, 4) is 5.69 Å². The number of hydrogen-bond acceptors (Lipinski definition) is 4. The number of nitrogens with one attached hydrogen (secondary N) is 3. The van der Waals surface area contributed by atoms with Gasteiger partial charge >= 0.3 is 0 Å². The molecule has 0 aliphatic rings. The van der Waals surface area contributed by atoms with Gasteiger partial charge in [0.25, 0.3) is 5.56 Å². The number of carbonyl (C=O) groups is 1. The summed E-state index contributed by atoms with van der Waals surface area (Å²) in [5, 5.41) is 9.55. The van der Waals surface area contributed by atoms with Crippen molar-refractivity contribution in [1.82, 2.24) is 9.36 Å². The Bertz CT molecular complexity index is 1380. The maximum Gasteiger partial charge on any atom is 0.295 e. The summed E-state index contributed by atoms with van der Waals surface area (Å²) in [7, 11) is 1.80. The highest BCUT2D eigenvalue weighted by Crippen LogP contribution is 2.21. The Morgan fingerprint density at radius 3 is 2.06 bits per heavy atom. The molecule has 0 fully saturated rings. The van der Waals surface area contributed by atoms with Gasteiger partial charge in [0.05, 0.1) is 17.1 Å². The molecular weight excluding hydrogens is 478 g/mol. The molecular formula is C26H25N5O2S2. The second-order valence-corrected chi connectivity index (χ2v) is 9.20. The smallest absolute Gasteiger partial charge is 0.295 e. The highest BCUT2D eigenvalue weighted by atomic mass is 32.2. The minimum absolute atomic E-state index is 0.180. The van der Waals surface area contributed by atoms with Crippen molar-refractivity contribution >= 4 is 52.1 Å². The Hall–Kier alpha value is -3.82. The van der Waals surface area contributed by atoms with Crippen molar-refractivity contribution in [3.63, 3.8) is 0 Å². The number of anilines is 3. The van der Waals surface area contributed by atoms with Gasteiger partial charge in [0.15, 0.2) is 5.11 Å². The molecule has 1 aromatic heterocycles. The zero-order chi connectivity index (χ0) is 24.8. The summed E-state index contributed by atoms with van der Waals surface area (Å²) in [5.41, 5.74) is 3.21. The molecule has 4 aromatic rings. The molecule has 0 saturated heterocycles. The van der Waals surface area contributed by atoms with Crippen LogP contribution in [0.3, 0.4) is 0 Å². The Balaban J connectivity index is 1.33. The molecule has 178 valence electrons. The summed E-state index contributed by atoms with van der Waals surface area (Å²) < 4.78 is 3.28. The summed E-state index contributed by atoms with van der Waals surface area (Å²) in [6.07, 6.45) is 0. The molecule has 0 spiro atoms. The van der Waals surface area contributed by atoms with E-state index in [0.717, 1.165) is 22.0 Å². The van der Waals surface area contributed by atoms with Crippen LogP contribution in [0.15, 0.2) is 94.6 Å². The number of para-hydroxylation sites is 2. The predicted molar refractivity (Wildman–Crippen MR) is 148 cm³/mol. The highest BCUT2D eigenvalue weighted by molar-refractivity contribution is 8.00. The number of nitrogens with zero attached hydrogens (tertiary/aromatic N) is 2. The number of thiocarbonyl (C=S) groups is 1. The molecule has 0 bridgehead atoms. The summed E-state index contributed by atoms with van der Waals surface area (Å²) in [5.74, 6) is -0.0590. The molecule has 9 heteroatoms. The molecule has 3 aromatic carbocycles. The summed E-state index contributed by atoms with van der Waals surface area (Å²) in [6.45, 7) is 1.81. The molecule has 0 atom stereocenters. The lowest BCUT2D eigenvalue weighted by molar-refractivity contribution is -0.113. The van der Waals surface area contributed by atoms with Crippen molar-refractivity contribution in [2.45, 2.75) is 11.8 Å². The van der Waals surface area contributed by atoms with E-state index < -0.39 is 0 Å². The third kappa shape index (κ3) is 6.00. The van der Waals surface area contributed by atoms with Crippen molar-refractivity contribution in [1.29, 1.82) is 0 Å². The van der Waals surface area contributed by atoms with Crippen LogP contribution in [0.25, 0.3) is 5.69 Å². The van der Waals surface area contributed by atoms with Crippen molar-refractivity contribution in [2.24, 2.45) is 7.05 Å². The third-order valence-electron chi connectivity index (χ3n) is 5.33. The first-order valence-electron chi connectivity index (χ1n) is 10.9. The van der Waals surface area contributed by atoms with E-state index in [1.807, 2.05) is 91.9 Å². The zero-order valence-corrected chi connectivity index (χ0v) is 21.0. The van der Waals surface area contributed by atoms with Gasteiger partial charge in [-0.2, -0.15) is 0 Å². The first-order valence-corrected chi connectivity index (χ1v) is 12.3. The lowest BCUT2D eigenvalue weighted by Gasteiger charge is -2.11. The molecule has 4 rings (SSSR count). The van der Waals surface area contributed by atoms with Gasteiger partial charge in [-0.25, -0.2) is 4.68 Å². The average molecular weight is 504 g/mol. The van der Waals surface area contributed by atoms with Gasteiger partial charge in [-0.1, -0.05) is 36.4 Å². The fourth-order valence-electron chi connectivity index (χ4n) is 3.49. The number of thioether (sulfide) groups is 1.